The summed E-state index contributed by atoms with van der Waals surface area (Å²) in [5, 5.41) is 11.4. The van der Waals surface area contributed by atoms with Gasteiger partial charge in [-0.25, -0.2) is 0 Å². The lowest BCUT2D eigenvalue weighted by molar-refractivity contribution is 0.131. The summed E-state index contributed by atoms with van der Waals surface area (Å²) < 4.78 is 0. The van der Waals surface area contributed by atoms with E-state index in [1.807, 2.05) is 6.07 Å². The van der Waals surface area contributed by atoms with Crippen LogP contribution in [0, 0.1) is 5.92 Å². The molecule has 3 heteroatoms. The molecule has 0 radical (unpaired) electrons. The van der Waals surface area contributed by atoms with Gasteiger partial charge in [-0.2, -0.15) is 0 Å². The molecular weight excluding hydrogens is 255 g/mol. The molecule has 2 rings (SSSR count). The van der Waals surface area contributed by atoms with E-state index in [9.17, 15) is 5.11 Å². The fourth-order valence-electron chi connectivity index (χ4n) is 2.64. The first-order valence-electron chi connectivity index (χ1n) is 6.30. The van der Waals surface area contributed by atoms with Crippen molar-refractivity contribution < 1.29 is 5.11 Å². The number of aliphatic hydroxyl groups is 1. The standard InChI is InChI=1S/C14H18Cl2O/c15-11-6-7-12(13(16)9-11)14(17)8-10-4-2-1-3-5-10/h6-7,9-10,14,17H,1-5,8H2. The van der Waals surface area contributed by atoms with Crippen molar-refractivity contribution in [2.75, 3.05) is 0 Å². The molecular formula is C14H18Cl2O. The molecule has 0 aliphatic heterocycles. The highest BCUT2D eigenvalue weighted by Gasteiger charge is 2.20. The third-order valence-corrected chi connectivity index (χ3v) is 4.17. The van der Waals surface area contributed by atoms with Crippen LogP contribution in [0.25, 0.3) is 0 Å². The molecule has 1 atom stereocenters. The summed E-state index contributed by atoms with van der Waals surface area (Å²) in [5.41, 5.74) is 0.807. The second-order valence-electron chi connectivity index (χ2n) is 4.92. The highest BCUT2D eigenvalue weighted by molar-refractivity contribution is 6.35. The van der Waals surface area contributed by atoms with Gasteiger partial charge in [-0.1, -0.05) is 61.4 Å². The number of rotatable bonds is 3. The Morgan fingerprint density at radius 3 is 2.53 bits per heavy atom. The Balaban J connectivity index is 2.00. The fourth-order valence-corrected chi connectivity index (χ4v) is 3.17. The zero-order chi connectivity index (χ0) is 12.3. The van der Waals surface area contributed by atoms with Gasteiger partial charge >= 0.3 is 0 Å². The minimum atomic E-state index is -0.456. The van der Waals surface area contributed by atoms with Crippen molar-refractivity contribution in [2.45, 2.75) is 44.6 Å². The Labute approximate surface area is 113 Å². The summed E-state index contributed by atoms with van der Waals surface area (Å²) in [6, 6.07) is 5.31. The van der Waals surface area contributed by atoms with Crippen LogP contribution in [-0.4, -0.2) is 5.11 Å². The van der Waals surface area contributed by atoms with E-state index < -0.39 is 6.10 Å². The maximum Gasteiger partial charge on any atom is 0.0807 e. The molecule has 17 heavy (non-hydrogen) atoms. The second-order valence-corrected chi connectivity index (χ2v) is 5.77. The summed E-state index contributed by atoms with van der Waals surface area (Å²) in [6.07, 6.45) is 6.78. The number of halogens is 2. The van der Waals surface area contributed by atoms with Crippen LogP contribution in [0.2, 0.25) is 10.0 Å². The van der Waals surface area contributed by atoms with Gasteiger partial charge in [0.25, 0.3) is 0 Å². The van der Waals surface area contributed by atoms with Gasteiger partial charge in [0.1, 0.15) is 0 Å². The van der Waals surface area contributed by atoms with Crippen LogP contribution >= 0.6 is 23.2 Å². The van der Waals surface area contributed by atoms with Gasteiger partial charge in [0, 0.05) is 10.0 Å². The van der Waals surface area contributed by atoms with Gasteiger partial charge in [-0.3, -0.25) is 0 Å². The minimum Gasteiger partial charge on any atom is -0.388 e. The summed E-state index contributed by atoms with van der Waals surface area (Å²) in [5.74, 6) is 0.644. The monoisotopic (exact) mass is 272 g/mol. The quantitative estimate of drug-likeness (QED) is 0.821. The van der Waals surface area contributed by atoms with Crippen LogP contribution in [0.5, 0.6) is 0 Å². The molecule has 0 bridgehead atoms. The summed E-state index contributed by atoms with van der Waals surface area (Å²) in [6.45, 7) is 0. The van der Waals surface area contributed by atoms with Crippen LogP contribution in [0.15, 0.2) is 18.2 Å². The Morgan fingerprint density at radius 1 is 1.18 bits per heavy atom. The summed E-state index contributed by atoms with van der Waals surface area (Å²) >= 11 is 11.9. The predicted molar refractivity (Wildman–Crippen MR) is 72.6 cm³/mol. The number of hydrogen-bond acceptors (Lipinski definition) is 1. The molecule has 0 spiro atoms. The highest BCUT2D eigenvalue weighted by atomic mass is 35.5. The maximum absolute atomic E-state index is 10.2. The molecule has 1 N–H and O–H groups in total. The van der Waals surface area contributed by atoms with E-state index in [2.05, 4.69) is 0 Å². The van der Waals surface area contributed by atoms with Crippen molar-refractivity contribution in [2.24, 2.45) is 5.92 Å². The Morgan fingerprint density at radius 2 is 1.88 bits per heavy atom. The molecule has 0 aromatic heterocycles. The lowest BCUT2D eigenvalue weighted by Gasteiger charge is -2.24. The number of hydrogen-bond donors (Lipinski definition) is 1. The summed E-state index contributed by atoms with van der Waals surface area (Å²) in [4.78, 5) is 0. The highest BCUT2D eigenvalue weighted by Crippen LogP contribution is 2.34. The average molecular weight is 273 g/mol. The first-order valence-corrected chi connectivity index (χ1v) is 7.05. The smallest absolute Gasteiger partial charge is 0.0807 e. The van der Waals surface area contributed by atoms with E-state index >= 15 is 0 Å². The van der Waals surface area contributed by atoms with Crippen molar-refractivity contribution in [1.29, 1.82) is 0 Å². The molecule has 1 saturated carbocycles. The minimum absolute atomic E-state index is 0.456. The largest absolute Gasteiger partial charge is 0.388 e. The molecule has 1 nitrogen and oxygen atoms in total. The van der Waals surface area contributed by atoms with Crippen LogP contribution in [0.3, 0.4) is 0 Å². The molecule has 94 valence electrons. The van der Waals surface area contributed by atoms with Gasteiger partial charge in [-0.15, -0.1) is 0 Å². The maximum atomic E-state index is 10.2. The first kappa shape index (κ1) is 13.2. The molecule has 1 aromatic rings. The van der Waals surface area contributed by atoms with Gasteiger partial charge in [0.05, 0.1) is 6.10 Å². The zero-order valence-electron chi connectivity index (χ0n) is 9.83. The molecule has 1 aromatic carbocycles. The average Bonchev–Trinajstić information content (AvgIpc) is 2.30. The topological polar surface area (TPSA) is 20.2 Å². The normalized spacial score (nSPS) is 19.2. The van der Waals surface area contributed by atoms with E-state index in [4.69, 9.17) is 23.2 Å². The van der Waals surface area contributed by atoms with Gasteiger partial charge in [0.2, 0.25) is 0 Å². The molecule has 1 unspecified atom stereocenters. The van der Waals surface area contributed by atoms with E-state index in [0.717, 1.165) is 12.0 Å². The van der Waals surface area contributed by atoms with Gasteiger partial charge in [0.15, 0.2) is 0 Å². The van der Waals surface area contributed by atoms with Crippen LogP contribution in [0.4, 0.5) is 0 Å². The SMILES string of the molecule is OC(CC1CCCCC1)c1ccc(Cl)cc1Cl. The third kappa shape index (κ3) is 3.61. The number of aliphatic hydroxyl groups excluding tert-OH is 1. The first-order chi connectivity index (χ1) is 8.16. The lowest BCUT2D eigenvalue weighted by atomic mass is 9.84. The Kier molecular flexibility index (Phi) is 4.72. The van der Waals surface area contributed by atoms with E-state index in [0.29, 0.717) is 16.0 Å². The number of benzene rings is 1. The Hall–Kier alpha value is -0.240. The second kappa shape index (κ2) is 6.08. The molecule has 0 heterocycles. The van der Waals surface area contributed by atoms with Crippen LogP contribution in [0.1, 0.15) is 50.2 Å². The van der Waals surface area contributed by atoms with Gasteiger partial charge < -0.3 is 5.11 Å². The summed E-state index contributed by atoms with van der Waals surface area (Å²) in [7, 11) is 0. The molecule has 0 amide bonds. The van der Waals surface area contributed by atoms with Crippen molar-refractivity contribution in [3.63, 3.8) is 0 Å². The van der Waals surface area contributed by atoms with Crippen molar-refractivity contribution >= 4 is 23.2 Å². The van der Waals surface area contributed by atoms with E-state index in [1.165, 1.54) is 32.1 Å². The van der Waals surface area contributed by atoms with Crippen molar-refractivity contribution in [3.8, 4) is 0 Å². The predicted octanol–water partition coefficient (Wildman–Crippen LogP) is 5.00. The molecule has 1 aliphatic carbocycles. The van der Waals surface area contributed by atoms with Gasteiger partial charge in [-0.05, 0) is 30.0 Å². The van der Waals surface area contributed by atoms with Crippen molar-refractivity contribution in [3.05, 3.63) is 33.8 Å². The zero-order valence-corrected chi connectivity index (χ0v) is 11.3. The fraction of sp³-hybridized carbons (Fsp3) is 0.571. The molecule has 1 aliphatic rings. The van der Waals surface area contributed by atoms with Crippen molar-refractivity contribution in [1.82, 2.24) is 0 Å². The van der Waals surface area contributed by atoms with Crippen LogP contribution < -0.4 is 0 Å². The van der Waals surface area contributed by atoms with E-state index in [1.54, 1.807) is 12.1 Å². The lowest BCUT2D eigenvalue weighted by Crippen LogP contribution is -2.11. The van der Waals surface area contributed by atoms with Crippen LogP contribution in [-0.2, 0) is 0 Å². The third-order valence-electron chi connectivity index (χ3n) is 3.60. The molecule has 1 fully saturated rings. The van der Waals surface area contributed by atoms with E-state index in [-0.39, 0.29) is 0 Å². The molecule has 0 saturated heterocycles. The Bertz CT molecular complexity index is 372.